The zero-order chi connectivity index (χ0) is 27.4. The van der Waals surface area contributed by atoms with Gasteiger partial charge in [-0.1, -0.05) is 12.1 Å². The number of halogens is 1. The maximum Gasteiger partial charge on any atom is 0.307 e. The fourth-order valence-electron chi connectivity index (χ4n) is 5.46. The van der Waals surface area contributed by atoms with Crippen LogP contribution in [0.5, 0.6) is 0 Å². The zero-order valence-corrected chi connectivity index (χ0v) is 22.7. The van der Waals surface area contributed by atoms with Crippen LogP contribution in [-0.4, -0.2) is 37.1 Å². The number of methoxy groups -OCH3 is 1. The number of rotatable bonds is 10. The molecule has 1 atom stereocenters. The summed E-state index contributed by atoms with van der Waals surface area (Å²) in [6.07, 6.45) is 8.62. The molecule has 0 bridgehead atoms. The highest BCUT2D eigenvalue weighted by molar-refractivity contribution is 7.89. The number of carbonyl (C=O) groups is 1. The second-order valence-corrected chi connectivity index (χ2v) is 11.7. The molecule has 9 heteroatoms. The fraction of sp³-hybridized carbons (Fsp3) is 0.333. The maximum absolute atomic E-state index is 13.3. The van der Waals surface area contributed by atoms with Crippen molar-refractivity contribution in [1.29, 1.82) is 0 Å². The van der Waals surface area contributed by atoms with Crippen molar-refractivity contribution >= 4 is 26.9 Å². The molecule has 204 valence electrons. The summed E-state index contributed by atoms with van der Waals surface area (Å²) in [6.45, 7) is 0.505. The summed E-state index contributed by atoms with van der Waals surface area (Å²) in [7, 11) is -2.40. The fourth-order valence-corrected chi connectivity index (χ4v) is 6.73. The summed E-state index contributed by atoms with van der Waals surface area (Å²) in [5, 5.41) is 1.10. The van der Waals surface area contributed by atoms with Crippen molar-refractivity contribution in [2.45, 2.75) is 62.4 Å². The second-order valence-electron chi connectivity index (χ2n) is 9.98. The molecule has 0 saturated heterocycles. The number of nitrogens with zero attached hydrogens (tertiary/aromatic N) is 2. The molecule has 0 fully saturated rings. The Morgan fingerprint density at radius 2 is 1.92 bits per heavy atom. The lowest BCUT2D eigenvalue weighted by Gasteiger charge is -2.25. The topological polar surface area (TPSA) is 90.3 Å². The minimum atomic E-state index is -3.79. The Bertz CT molecular complexity index is 1570. The standard InChI is InChI=1S/C30H32FN3O4S/c1-38-30(35)15-17-34-28-13-7-21(4-2-5-22-6-3-16-32-20-22)18-26(28)27-19-24(10-14-29(27)34)33-39(36,37)25-11-8-23(31)9-12-25/h3,6-9,11-13,16,18,20,24,33H,2,4-5,10,14-15,17,19H2,1H3/t24-/m1/s1. The van der Waals surface area contributed by atoms with Crippen molar-refractivity contribution in [2.75, 3.05) is 7.11 Å². The van der Waals surface area contributed by atoms with Crippen LogP contribution in [-0.2, 0) is 51.8 Å². The molecule has 2 aromatic heterocycles. The average Bonchev–Trinajstić information content (AvgIpc) is 3.24. The number of nitrogens with one attached hydrogen (secondary N) is 1. The lowest BCUT2D eigenvalue weighted by molar-refractivity contribution is -0.140. The predicted molar refractivity (Wildman–Crippen MR) is 147 cm³/mol. The van der Waals surface area contributed by atoms with Crippen LogP contribution in [0.15, 0.2) is 71.9 Å². The highest BCUT2D eigenvalue weighted by Crippen LogP contribution is 2.34. The Balaban J connectivity index is 1.40. The Morgan fingerprint density at radius 1 is 1.13 bits per heavy atom. The first-order valence-electron chi connectivity index (χ1n) is 13.2. The van der Waals surface area contributed by atoms with Crippen LogP contribution in [0.3, 0.4) is 0 Å². The molecule has 0 radical (unpaired) electrons. The van der Waals surface area contributed by atoms with E-state index in [2.05, 4.69) is 38.5 Å². The molecular formula is C30H32FN3O4S. The van der Waals surface area contributed by atoms with Crippen molar-refractivity contribution in [1.82, 2.24) is 14.3 Å². The summed E-state index contributed by atoms with van der Waals surface area (Å²) in [5.74, 6) is -0.745. The molecule has 0 saturated carbocycles. The van der Waals surface area contributed by atoms with Gasteiger partial charge in [0.15, 0.2) is 0 Å². The number of hydrogen-bond acceptors (Lipinski definition) is 5. The normalized spacial score (nSPS) is 15.3. The van der Waals surface area contributed by atoms with Gasteiger partial charge in [0.2, 0.25) is 10.0 Å². The maximum atomic E-state index is 13.3. The molecule has 4 aromatic rings. The second kappa shape index (κ2) is 11.7. The molecule has 5 rings (SSSR count). The molecule has 0 unspecified atom stereocenters. The lowest BCUT2D eigenvalue weighted by Crippen LogP contribution is -2.39. The molecule has 0 spiro atoms. The van der Waals surface area contributed by atoms with E-state index in [4.69, 9.17) is 4.74 Å². The van der Waals surface area contributed by atoms with Gasteiger partial charge in [-0.3, -0.25) is 9.78 Å². The van der Waals surface area contributed by atoms with Gasteiger partial charge in [0, 0.05) is 41.6 Å². The summed E-state index contributed by atoms with van der Waals surface area (Å²) >= 11 is 0. The lowest BCUT2D eigenvalue weighted by atomic mass is 9.91. The number of aromatic nitrogens is 2. The molecule has 7 nitrogen and oxygen atoms in total. The third-order valence-corrected chi connectivity index (χ3v) is 8.93. The first-order valence-corrected chi connectivity index (χ1v) is 14.7. The van der Waals surface area contributed by atoms with E-state index in [0.29, 0.717) is 25.8 Å². The molecule has 1 aliphatic rings. The number of esters is 1. The Kier molecular flexibility index (Phi) is 8.09. The van der Waals surface area contributed by atoms with Gasteiger partial charge in [0.25, 0.3) is 0 Å². The minimum absolute atomic E-state index is 0.0473. The predicted octanol–water partition coefficient (Wildman–Crippen LogP) is 4.75. The van der Waals surface area contributed by atoms with E-state index >= 15 is 0 Å². The number of fused-ring (bicyclic) bond motifs is 3. The zero-order valence-electron chi connectivity index (χ0n) is 21.9. The summed E-state index contributed by atoms with van der Waals surface area (Å²) < 4.78 is 49.2. The monoisotopic (exact) mass is 549 g/mol. The molecule has 0 aliphatic heterocycles. The summed E-state index contributed by atoms with van der Waals surface area (Å²) in [6, 6.07) is 15.1. The van der Waals surface area contributed by atoms with Gasteiger partial charge in [-0.25, -0.2) is 17.5 Å². The van der Waals surface area contributed by atoms with Crippen LogP contribution in [0.1, 0.15) is 41.6 Å². The van der Waals surface area contributed by atoms with Crippen LogP contribution in [0.4, 0.5) is 4.39 Å². The van der Waals surface area contributed by atoms with Crippen LogP contribution < -0.4 is 4.72 Å². The van der Waals surface area contributed by atoms with Crippen molar-refractivity contribution < 1.29 is 22.3 Å². The van der Waals surface area contributed by atoms with Crippen molar-refractivity contribution in [3.05, 3.63) is 95.2 Å². The molecule has 2 heterocycles. The first kappa shape index (κ1) is 27.0. The Morgan fingerprint density at radius 3 is 2.67 bits per heavy atom. The number of aryl methyl sites for hydroxylation is 3. The van der Waals surface area contributed by atoms with E-state index in [0.717, 1.165) is 53.6 Å². The van der Waals surface area contributed by atoms with Gasteiger partial charge in [0.05, 0.1) is 18.4 Å². The molecule has 1 aliphatic carbocycles. The Labute approximate surface area is 228 Å². The number of carbonyl (C=O) groups excluding carboxylic acids is 1. The Hall–Kier alpha value is -3.56. The van der Waals surface area contributed by atoms with Gasteiger partial charge >= 0.3 is 5.97 Å². The van der Waals surface area contributed by atoms with E-state index in [1.165, 1.54) is 30.4 Å². The highest BCUT2D eigenvalue weighted by Gasteiger charge is 2.29. The van der Waals surface area contributed by atoms with E-state index in [1.807, 2.05) is 12.3 Å². The number of benzene rings is 2. The van der Waals surface area contributed by atoms with E-state index in [-0.39, 0.29) is 23.3 Å². The average molecular weight is 550 g/mol. The SMILES string of the molecule is COC(=O)CCn1c2c(c3cc(CCCc4cccnc4)ccc31)C[C@H](NS(=O)(=O)c1ccc(F)cc1)CC2. The van der Waals surface area contributed by atoms with Gasteiger partial charge in [0.1, 0.15) is 5.82 Å². The number of sulfonamides is 1. The van der Waals surface area contributed by atoms with Crippen molar-refractivity contribution in [2.24, 2.45) is 0 Å². The summed E-state index contributed by atoms with van der Waals surface area (Å²) in [4.78, 5) is 16.2. The van der Waals surface area contributed by atoms with Crippen LogP contribution >= 0.6 is 0 Å². The third kappa shape index (κ3) is 6.20. The van der Waals surface area contributed by atoms with Crippen molar-refractivity contribution in [3.8, 4) is 0 Å². The van der Waals surface area contributed by atoms with E-state index in [9.17, 15) is 17.6 Å². The number of pyridine rings is 1. The molecule has 2 aromatic carbocycles. The largest absolute Gasteiger partial charge is 0.469 e. The third-order valence-electron chi connectivity index (χ3n) is 7.40. The van der Waals surface area contributed by atoms with Crippen LogP contribution in [0.25, 0.3) is 10.9 Å². The smallest absolute Gasteiger partial charge is 0.307 e. The number of hydrogen-bond donors (Lipinski definition) is 1. The van der Waals surface area contributed by atoms with Crippen LogP contribution in [0.2, 0.25) is 0 Å². The van der Waals surface area contributed by atoms with E-state index in [1.54, 1.807) is 6.20 Å². The molecule has 1 N–H and O–H groups in total. The molecule has 0 amide bonds. The quantitative estimate of drug-likeness (QED) is 0.289. The van der Waals surface area contributed by atoms with Gasteiger partial charge in [-0.2, -0.15) is 0 Å². The van der Waals surface area contributed by atoms with Gasteiger partial charge in [-0.05, 0) is 97.7 Å². The molecule has 39 heavy (non-hydrogen) atoms. The minimum Gasteiger partial charge on any atom is -0.469 e. The number of ether oxygens (including phenoxy) is 1. The van der Waals surface area contributed by atoms with Crippen molar-refractivity contribution in [3.63, 3.8) is 0 Å². The van der Waals surface area contributed by atoms with E-state index < -0.39 is 15.8 Å². The highest BCUT2D eigenvalue weighted by atomic mass is 32.2. The first-order chi connectivity index (χ1) is 18.8. The summed E-state index contributed by atoms with van der Waals surface area (Å²) in [5.41, 5.74) is 5.72. The van der Waals surface area contributed by atoms with Gasteiger partial charge < -0.3 is 9.30 Å². The van der Waals surface area contributed by atoms with Gasteiger partial charge in [-0.15, -0.1) is 0 Å². The van der Waals surface area contributed by atoms with Crippen LogP contribution in [0, 0.1) is 5.82 Å². The molecular weight excluding hydrogens is 517 g/mol.